The fraction of sp³-hybridized carbons (Fsp3) is 0.435. The molecule has 1 atom stereocenters. The van der Waals surface area contributed by atoms with Crippen LogP contribution in [-0.4, -0.2) is 66.5 Å². The molecule has 1 aliphatic heterocycles. The topological polar surface area (TPSA) is 62.7 Å². The molecule has 1 saturated heterocycles. The van der Waals surface area contributed by atoms with E-state index in [4.69, 9.17) is 4.74 Å². The first-order chi connectivity index (χ1) is 14.1. The van der Waals surface area contributed by atoms with Crippen LogP contribution in [0.3, 0.4) is 0 Å². The van der Waals surface area contributed by atoms with Crippen LogP contribution in [0.2, 0.25) is 0 Å². The van der Waals surface area contributed by atoms with Gasteiger partial charge < -0.3 is 14.5 Å². The Balaban J connectivity index is 1.79. The van der Waals surface area contributed by atoms with Crippen molar-refractivity contribution >= 4 is 11.8 Å². The number of aromatic nitrogens is 1. The molecular formula is C23H29N3O3. The number of likely N-dealkylation sites (N-methyl/N-ethyl adjacent to an activating group) is 1. The van der Waals surface area contributed by atoms with Crippen LogP contribution >= 0.6 is 0 Å². The first kappa shape index (κ1) is 21.0. The minimum absolute atomic E-state index is 0.0492. The fourth-order valence-corrected chi connectivity index (χ4v) is 3.79. The van der Waals surface area contributed by atoms with E-state index in [-0.39, 0.29) is 17.7 Å². The molecule has 2 heterocycles. The molecular weight excluding hydrogens is 366 g/mol. The Bertz CT molecular complexity index is 825. The van der Waals surface area contributed by atoms with Crippen LogP contribution in [0.25, 0.3) is 11.1 Å². The highest BCUT2D eigenvalue weighted by atomic mass is 16.5. The molecule has 0 unspecified atom stereocenters. The van der Waals surface area contributed by atoms with E-state index in [1.807, 2.05) is 34.9 Å². The van der Waals surface area contributed by atoms with Crippen LogP contribution in [0, 0.1) is 5.92 Å². The number of carbonyl (C=O) groups excluding carboxylic acids is 2. The molecule has 6 nitrogen and oxygen atoms in total. The van der Waals surface area contributed by atoms with Crippen LogP contribution in [-0.2, 0) is 20.7 Å². The van der Waals surface area contributed by atoms with E-state index in [1.54, 1.807) is 19.5 Å². The van der Waals surface area contributed by atoms with Crippen LogP contribution < -0.4 is 0 Å². The lowest BCUT2D eigenvalue weighted by Crippen LogP contribution is -2.38. The van der Waals surface area contributed by atoms with Gasteiger partial charge in [-0.1, -0.05) is 24.3 Å². The van der Waals surface area contributed by atoms with Crippen molar-refractivity contribution in [3.8, 4) is 11.1 Å². The molecule has 3 rings (SSSR count). The van der Waals surface area contributed by atoms with Crippen molar-refractivity contribution < 1.29 is 14.3 Å². The number of nitrogens with zero attached hydrogens (tertiary/aromatic N) is 3. The molecule has 0 bridgehead atoms. The SMILES string of the molecule is CCN1CCN(C(=O)CCOC)C[C@@H](Cc2cccc(-c3ccncc3)c2)C1=O. The summed E-state index contributed by atoms with van der Waals surface area (Å²) in [6.07, 6.45) is 4.52. The Morgan fingerprint density at radius 1 is 1.17 bits per heavy atom. The zero-order chi connectivity index (χ0) is 20.6. The average Bonchev–Trinajstić information content (AvgIpc) is 2.92. The molecule has 0 N–H and O–H groups in total. The Hall–Kier alpha value is -2.73. The van der Waals surface area contributed by atoms with Gasteiger partial charge in [-0.15, -0.1) is 0 Å². The number of ether oxygens (including phenoxy) is 1. The molecule has 154 valence electrons. The lowest BCUT2D eigenvalue weighted by atomic mass is 9.95. The third kappa shape index (κ3) is 5.41. The van der Waals surface area contributed by atoms with E-state index in [9.17, 15) is 9.59 Å². The van der Waals surface area contributed by atoms with Gasteiger partial charge in [0.05, 0.1) is 18.9 Å². The summed E-state index contributed by atoms with van der Waals surface area (Å²) in [5.74, 6) is -0.0615. The summed E-state index contributed by atoms with van der Waals surface area (Å²) < 4.78 is 5.05. The molecule has 1 aromatic carbocycles. The van der Waals surface area contributed by atoms with E-state index in [2.05, 4.69) is 23.2 Å². The quantitative estimate of drug-likeness (QED) is 0.723. The Morgan fingerprint density at radius 3 is 2.69 bits per heavy atom. The Labute approximate surface area is 172 Å². The average molecular weight is 396 g/mol. The van der Waals surface area contributed by atoms with Gasteiger partial charge in [0, 0.05) is 45.7 Å². The van der Waals surface area contributed by atoms with Crippen LogP contribution in [0.5, 0.6) is 0 Å². The second-order valence-corrected chi connectivity index (χ2v) is 7.34. The number of rotatable bonds is 7. The van der Waals surface area contributed by atoms with Gasteiger partial charge in [-0.2, -0.15) is 0 Å². The number of pyridine rings is 1. The zero-order valence-corrected chi connectivity index (χ0v) is 17.2. The summed E-state index contributed by atoms with van der Waals surface area (Å²) in [5, 5.41) is 0. The summed E-state index contributed by atoms with van der Waals surface area (Å²) in [6.45, 7) is 4.67. The van der Waals surface area contributed by atoms with Gasteiger partial charge in [0.2, 0.25) is 11.8 Å². The highest BCUT2D eigenvalue weighted by Crippen LogP contribution is 2.23. The monoisotopic (exact) mass is 395 g/mol. The largest absolute Gasteiger partial charge is 0.384 e. The molecule has 0 radical (unpaired) electrons. The predicted octanol–water partition coefficient (Wildman–Crippen LogP) is 2.63. The Kier molecular flexibility index (Phi) is 7.36. The molecule has 1 aromatic heterocycles. The van der Waals surface area contributed by atoms with E-state index in [0.29, 0.717) is 45.6 Å². The summed E-state index contributed by atoms with van der Waals surface area (Å²) in [7, 11) is 1.59. The van der Waals surface area contributed by atoms with Crippen molar-refractivity contribution in [2.24, 2.45) is 5.92 Å². The maximum atomic E-state index is 13.1. The molecule has 0 saturated carbocycles. The second kappa shape index (κ2) is 10.2. The van der Waals surface area contributed by atoms with E-state index >= 15 is 0 Å². The van der Waals surface area contributed by atoms with E-state index < -0.39 is 0 Å². The standard InChI is InChI=1S/C23H29N3O3/c1-3-25-12-13-26(22(27)9-14-29-2)17-21(23(25)28)16-18-5-4-6-20(15-18)19-7-10-24-11-8-19/h4-8,10-11,15,21H,3,9,12-14,16-17H2,1-2H3/t21-/m1/s1. The molecule has 6 heteroatoms. The van der Waals surface area contributed by atoms with Gasteiger partial charge in [-0.05, 0) is 42.2 Å². The number of benzene rings is 1. The highest BCUT2D eigenvalue weighted by molar-refractivity contribution is 5.82. The molecule has 0 aliphatic carbocycles. The Morgan fingerprint density at radius 2 is 1.97 bits per heavy atom. The predicted molar refractivity (Wildman–Crippen MR) is 112 cm³/mol. The second-order valence-electron chi connectivity index (χ2n) is 7.34. The maximum Gasteiger partial charge on any atom is 0.227 e. The van der Waals surface area contributed by atoms with Crippen molar-refractivity contribution in [2.75, 3.05) is 39.9 Å². The molecule has 1 aliphatic rings. The van der Waals surface area contributed by atoms with Crippen molar-refractivity contribution in [1.29, 1.82) is 0 Å². The van der Waals surface area contributed by atoms with Crippen LogP contribution in [0.15, 0.2) is 48.8 Å². The van der Waals surface area contributed by atoms with Gasteiger partial charge in [-0.25, -0.2) is 0 Å². The number of hydrogen-bond acceptors (Lipinski definition) is 4. The smallest absolute Gasteiger partial charge is 0.227 e. The molecule has 1 fully saturated rings. The third-order valence-corrected chi connectivity index (χ3v) is 5.42. The number of carbonyl (C=O) groups is 2. The number of amides is 2. The van der Waals surface area contributed by atoms with Gasteiger partial charge in [0.15, 0.2) is 0 Å². The minimum Gasteiger partial charge on any atom is -0.384 e. The highest BCUT2D eigenvalue weighted by Gasteiger charge is 2.31. The van der Waals surface area contributed by atoms with Gasteiger partial charge in [0.25, 0.3) is 0 Å². The zero-order valence-electron chi connectivity index (χ0n) is 17.2. The van der Waals surface area contributed by atoms with E-state index in [1.165, 1.54) is 0 Å². The summed E-state index contributed by atoms with van der Waals surface area (Å²) in [6, 6.07) is 12.2. The summed E-state index contributed by atoms with van der Waals surface area (Å²) in [4.78, 5) is 33.4. The van der Waals surface area contributed by atoms with Gasteiger partial charge >= 0.3 is 0 Å². The van der Waals surface area contributed by atoms with Gasteiger partial charge in [-0.3, -0.25) is 14.6 Å². The first-order valence-corrected chi connectivity index (χ1v) is 10.2. The minimum atomic E-state index is -0.239. The number of hydrogen-bond donors (Lipinski definition) is 0. The normalized spacial score (nSPS) is 17.3. The third-order valence-electron chi connectivity index (χ3n) is 5.42. The summed E-state index contributed by atoms with van der Waals surface area (Å²) >= 11 is 0. The molecule has 0 spiro atoms. The van der Waals surface area contributed by atoms with Crippen LogP contribution in [0.4, 0.5) is 0 Å². The maximum absolute atomic E-state index is 13.1. The molecule has 2 aromatic rings. The number of methoxy groups -OCH3 is 1. The lowest BCUT2D eigenvalue weighted by molar-refractivity contribution is -0.135. The molecule has 2 amide bonds. The first-order valence-electron chi connectivity index (χ1n) is 10.2. The lowest BCUT2D eigenvalue weighted by Gasteiger charge is -2.23. The van der Waals surface area contributed by atoms with Crippen LogP contribution in [0.1, 0.15) is 18.9 Å². The van der Waals surface area contributed by atoms with Crippen molar-refractivity contribution in [1.82, 2.24) is 14.8 Å². The summed E-state index contributed by atoms with van der Waals surface area (Å²) in [5.41, 5.74) is 3.30. The molecule has 29 heavy (non-hydrogen) atoms. The van der Waals surface area contributed by atoms with E-state index in [0.717, 1.165) is 16.7 Å². The van der Waals surface area contributed by atoms with Crippen molar-refractivity contribution in [3.05, 3.63) is 54.4 Å². The van der Waals surface area contributed by atoms with Gasteiger partial charge in [0.1, 0.15) is 0 Å². The fourth-order valence-electron chi connectivity index (χ4n) is 3.79. The van der Waals surface area contributed by atoms with Crippen molar-refractivity contribution in [3.63, 3.8) is 0 Å². The van der Waals surface area contributed by atoms with Crippen molar-refractivity contribution in [2.45, 2.75) is 19.8 Å².